The van der Waals surface area contributed by atoms with Crippen molar-refractivity contribution in [3.63, 3.8) is 0 Å². The van der Waals surface area contributed by atoms with Crippen molar-refractivity contribution in [1.29, 1.82) is 0 Å². The Morgan fingerprint density at radius 1 is 1.00 bits per heavy atom. The molecule has 1 aliphatic heterocycles. The average Bonchev–Trinajstić information content (AvgIpc) is 3.85. The number of rotatable bonds is 26. The SMILES string of the molecule is CCC(C)[C@@H](C(=O)N[C@H](C(=O)N(C)[C@@H](C(C)CC)[C@@H](CC(=O)N1CCC[C@H]1[C@H](OC)[C@@H](C)COCNC(CCc1cccs1)C(C)=O)OC)C(C)C)N(C)C.[HH].[HH]. The molecule has 0 aliphatic carbocycles. The summed E-state index contributed by atoms with van der Waals surface area (Å²) in [6, 6.07) is 2.22. The molecule has 1 saturated heterocycles. The van der Waals surface area contributed by atoms with Gasteiger partial charge in [0.1, 0.15) is 11.8 Å². The van der Waals surface area contributed by atoms with E-state index in [0.717, 1.165) is 32.1 Å². The lowest BCUT2D eigenvalue weighted by atomic mass is 9.89. The van der Waals surface area contributed by atoms with Gasteiger partial charge in [0.25, 0.3) is 0 Å². The molecule has 1 aromatic rings. The molecule has 3 amide bonds. The molecule has 0 spiro atoms. The summed E-state index contributed by atoms with van der Waals surface area (Å²) in [4.78, 5) is 61.1. The van der Waals surface area contributed by atoms with Crippen molar-refractivity contribution < 1.29 is 36.2 Å². The zero-order chi connectivity index (χ0) is 41.4. The minimum absolute atomic E-state index is 0. The molecule has 0 radical (unpaired) electrons. The van der Waals surface area contributed by atoms with Crippen LogP contribution in [-0.4, -0.2) is 136 Å². The average molecular weight is 798 g/mol. The fourth-order valence-electron chi connectivity index (χ4n) is 8.12. The van der Waals surface area contributed by atoms with Crippen molar-refractivity contribution in [2.24, 2.45) is 23.7 Å². The third-order valence-electron chi connectivity index (χ3n) is 11.7. The van der Waals surface area contributed by atoms with Gasteiger partial charge in [-0.05, 0) is 75.9 Å². The maximum atomic E-state index is 14.3. The van der Waals surface area contributed by atoms with E-state index in [2.05, 4.69) is 51.3 Å². The number of ether oxygens (including phenoxy) is 3. The molecule has 0 aromatic carbocycles. The first-order valence-corrected chi connectivity index (χ1v) is 21.3. The van der Waals surface area contributed by atoms with Gasteiger partial charge in [-0.15, -0.1) is 11.3 Å². The lowest BCUT2D eigenvalue weighted by Crippen LogP contribution is -2.59. The number of nitrogens with one attached hydrogen (secondary N) is 2. The molecule has 10 atom stereocenters. The van der Waals surface area contributed by atoms with E-state index < -0.39 is 18.2 Å². The number of likely N-dealkylation sites (N-methyl/N-ethyl adjacent to an activating group) is 2. The molecular formula is C42H79N5O7S. The monoisotopic (exact) mass is 798 g/mol. The van der Waals surface area contributed by atoms with Gasteiger partial charge < -0.3 is 29.3 Å². The van der Waals surface area contributed by atoms with Crippen LogP contribution in [-0.2, 0) is 39.8 Å². The van der Waals surface area contributed by atoms with E-state index in [-0.39, 0.29) is 87.4 Å². The Labute approximate surface area is 339 Å². The fraction of sp³-hybridized carbons (Fsp3) is 0.810. The highest BCUT2D eigenvalue weighted by atomic mass is 32.1. The standard InChI is InChI=1S/C42H75N5O7S.2H2/c1-14-28(5)38(46(11)42(51)37(27(3)4)44-41(50)39(45(9)10)29(6)15-2)35(52-12)24-36(49)47-22-16-19-34(47)40(53-13)30(7)25-54-26-43-33(31(8)48)21-20-32-18-17-23-55-32;;/h17-18,23,27-30,33-35,37-40,43H,14-16,19-22,24-26H2,1-13H3,(H,44,50);2*1H/t28?,29?,30-,33?,34-,35+,37-,38-,39-,40+;;/m0../s1. The minimum atomic E-state index is -0.729. The summed E-state index contributed by atoms with van der Waals surface area (Å²) in [5.74, 6) is -0.326. The lowest BCUT2D eigenvalue weighted by Gasteiger charge is -2.41. The normalized spacial score (nSPS) is 19.7. The number of aryl methyl sites for hydroxylation is 1. The largest absolute Gasteiger partial charge is 0.379 e. The van der Waals surface area contributed by atoms with Gasteiger partial charge in [0, 0.05) is 41.5 Å². The Morgan fingerprint density at radius 3 is 2.20 bits per heavy atom. The Hall–Kier alpha value is -2.42. The molecule has 0 bridgehead atoms. The Bertz CT molecular complexity index is 1310. The van der Waals surface area contributed by atoms with Crippen molar-refractivity contribution in [3.05, 3.63) is 22.4 Å². The van der Waals surface area contributed by atoms with Crippen LogP contribution in [0.1, 0.15) is 102 Å². The van der Waals surface area contributed by atoms with Crippen molar-refractivity contribution in [2.45, 2.75) is 143 Å². The summed E-state index contributed by atoms with van der Waals surface area (Å²) in [5, 5.41) is 8.40. The van der Waals surface area contributed by atoms with Crippen molar-refractivity contribution in [3.8, 4) is 0 Å². The fourth-order valence-corrected chi connectivity index (χ4v) is 8.84. The Kier molecular flexibility index (Phi) is 21.6. The highest BCUT2D eigenvalue weighted by Gasteiger charge is 2.42. The summed E-state index contributed by atoms with van der Waals surface area (Å²) < 4.78 is 18.1. The molecule has 1 fully saturated rings. The smallest absolute Gasteiger partial charge is 0.245 e. The number of likely N-dealkylation sites (tertiary alicyclic amines) is 1. The second-order valence-corrected chi connectivity index (χ2v) is 17.3. The number of carbonyl (C=O) groups is 4. The van der Waals surface area contributed by atoms with Crippen LogP contribution < -0.4 is 10.6 Å². The van der Waals surface area contributed by atoms with Gasteiger partial charge in [-0.3, -0.25) is 29.4 Å². The van der Waals surface area contributed by atoms with Crippen LogP contribution in [0.3, 0.4) is 0 Å². The summed E-state index contributed by atoms with van der Waals surface area (Å²) in [6.45, 7) is 17.1. The molecule has 320 valence electrons. The minimum Gasteiger partial charge on any atom is -0.379 e. The predicted molar refractivity (Wildman–Crippen MR) is 225 cm³/mol. The lowest BCUT2D eigenvalue weighted by molar-refractivity contribution is -0.147. The molecule has 1 aliphatic rings. The number of hydrogen-bond donors (Lipinski definition) is 2. The van der Waals surface area contributed by atoms with E-state index in [9.17, 15) is 19.2 Å². The maximum Gasteiger partial charge on any atom is 0.245 e. The molecule has 3 unspecified atom stereocenters. The first-order valence-electron chi connectivity index (χ1n) is 20.5. The molecule has 12 nitrogen and oxygen atoms in total. The van der Waals surface area contributed by atoms with E-state index >= 15 is 0 Å². The molecule has 55 heavy (non-hydrogen) atoms. The van der Waals surface area contributed by atoms with Crippen LogP contribution in [0.25, 0.3) is 0 Å². The topological polar surface area (TPSA) is 130 Å². The molecule has 0 saturated carbocycles. The molecule has 2 heterocycles. The summed E-state index contributed by atoms with van der Waals surface area (Å²) in [5.41, 5.74) is 0. The predicted octanol–water partition coefficient (Wildman–Crippen LogP) is 5.73. The number of Topliss-reactive ketones (excluding diaryl/α,β-unsaturated/α-hetero) is 1. The number of ketones is 1. The number of hydrogen-bond acceptors (Lipinski definition) is 10. The van der Waals surface area contributed by atoms with E-state index in [0.29, 0.717) is 19.6 Å². The van der Waals surface area contributed by atoms with Gasteiger partial charge in [0.15, 0.2) is 0 Å². The maximum absolute atomic E-state index is 14.3. The number of carbonyl (C=O) groups excluding carboxylic acids is 4. The summed E-state index contributed by atoms with van der Waals surface area (Å²) in [6.07, 6.45) is 4.14. The van der Waals surface area contributed by atoms with Crippen LogP contribution in [0.2, 0.25) is 0 Å². The van der Waals surface area contributed by atoms with E-state index in [1.54, 1.807) is 44.4 Å². The number of amides is 3. The van der Waals surface area contributed by atoms with E-state index in [1.807, 2.05) is 49.2 Å². The molecule has 1 aromatic heterocycles. The summed E-state index contributed by atoms with van der Waals surface area (Å²) >= 11 is 1.70. The quantitative estimate of drug-likeness (QED) is 0.0893. The Morgan fingerprint density at radius 2 is 1.67 bits per heavy atom. The van der Waals surface area contributed by atoms with Gasteiger partial charge in [-0.1, -0.05) is 67.4 Å². The zero-order valence-corrected chi connectivity index (χ0v) is 37.1. The summed E-state index contributed by atoms with van der Waals surface area (Å²) in [7, 11) is 8.84. The first-order chi connectivity index (χ1) is 26.0. The number of methoxy groups -OCH3 is 2. The molecular weight excluding hydrogens is 719 g/mol. The first kappa shape index (κ1) is 48.7. The Balaban J connectivity index is 0.0000157. The van der Waals surface area contributed by atoms with Crippen molar-refractivity contribution >= 4 is 34.8 Å². The van der Waals surface area contributed by atoms with Gasteiger partial charge in [0.2, 0.25) is 17.7 Å². The second-order valence-electron chi connectivity index (χ2n) is 16.3. The second kappa shape index (κ2) is 24.4. The third kappa shape index (κ3) is 14.2. The van der Waals surface area contributed by atoms with Crippen LogP contribution in [0.5, 0.6) is 0 Å². The van der Waals surface area contributed by atoms with Crippen molar-refractivity contribution in [1.82, 2.24) is 25.3 Å². The van der Waals surface area contributed by atoms with Crippen LogP contribution >= 0.6 is 11.3 Å². The number of nitrogens with zero attached hydrogens (tertiary/aromatic N) is 3. The number of thiophene rings is 1. The third-order valence-corrected chi connectivity index (χ3v) is 12.7. The zero-order valence-electron chi connectivity index (χ0n) is 36.3. The van der Waals surface area contributed by atoms with E-state index in [4.69, 9.17) is 14.2 Å². The van der Waals surface area contributed by atoms with E-state index in [1.165, 1.54) is 4.88 Å². The molecule has 13 heteroatoms. The van der Waals surface area contributed by atoms with Crippen LogP contribution in [0, 0.1) is 23.7 Å². The highest BCUT2D eigenvalue weighted by Crippen LogP contribution is 2.30. The van der Waals surface area contributed by atoms with Crippen molar-refractivity contribution in [2.75, 3.05) is 55.2 Å². The van der Waals surface area contributed by atoms with Gasteiger partial charge in [0.05, 0.1) is 56.1 Å². The van der Waals surface area contributed by atoms with Gasteiger partial charge in [-0.25, -0.2) is 0 Å². The van der Waals surface area contributed by atoms with Gasteiger partial charge in [-0.2, -0.15) is 0 Å². The van der Waals surface area contributed by atoms with Gasteiger partial charge >= 0.3 is 0 Å². The van der Waals surface area contributed by atoms with Crippen LogP contribution in [0.15, 0.2) is 17.5 Å². The molecule has 2 N–H and O–H groups in total. The molecule has 2 rings (SSSR count). The van der Waals surface area contributed by atoms with Crippen LogP contribution in [0.4, 0.5) is 0 Å². The highest BCUT2D eigenvalue weighted by molar-refractivity contribution is 7.09.